The number of aliphatic carboxylic acids is 1. The number of carboxylic acid groups (broad SMARTS) is 1. The van der Waals surface area contributed by atoms with E-state index in [9.17, 15) is 18.4 Å². The second-order valence-corrected chi connectivity index (χ2v) is 9.35. The zero-order valence-electron chi connectivity index (χ0n) is 17.5. The summed E-state index contributed by atoms with van der Waals surface area (Å²) in [5, 5.41) is 8.89. The molecule has 1 aromatic heterocycles. The molecular formula is C22H21F2N3O4S2. The number of thiocarbonyl (C=S) groups is 1. The summed E-state index contributed by atoms with van der Waals surface area (Å²) >= 11 is 6.57. The molecule has 11 heteroatoms. The Morgan fingerprint density at radius 3 is 2.52 bits per heavy atom. The molecule has 2 fully saturated rings. The number of rotatable bonds is 7. The molecule has 0 spiro atoms. The predicted octanol–water partition coefficient (Wildman–Crippen LogP) is 3.13. The van der Waals surface area contributed by atoms with Crippen LogP contribution >= 0.6 is 24.0 Å². The van der Waals surface area contributed by atoms with Gasteiger partial charge in [-0.2, -0.15) is 0 Å². The molecule has 2 aliphatic heterocycles. The molecule has 0 bridgehead atoms. The van der Waals surface area contributed by atoms with Gasteiger partial charge >= 0.3 is 5.97 Å². The van der Waals surface area contributed by atoms with Crippen LogP contribution in [-0.2, 0) is 9.59 Å². The quantitative estimate of drug-likeness (QED) is 0.466. The summed E-state index contributed by atoms with van der Waals surface area (Å²) < 4.78 is 32.8. The van der Waals surface area contributed by atoms with E-state index in [4.69, 9.17) is 21.7 Å². The molecule has 0 aliphatic carbocycles. The van der Waals surface area contributed by atoms with Gasteiger partial charge in [-0.05, 0) is 30.3 Å². The number of nitrogens with zero attached hydrogens (tertiary/aromatic N) is 3. The van der Waals surface area contributed by atoms with Crippen molar-refractivity contribution in [1.29, 1.82) is 0 Å². The average molecular weight is 494 g/mol. The summed E-state index contributed by atoms with van der Waals surface area (Å²) in [6.07, 6.45) is 1.59. The summed E-state index contributed by atoms with van der Waals surface area (Å²) in [5.74, 6) is -2.17. The number of amides is 1. The Labute approximate surface area is 198 Å². The van der Waals surface area contributed by atoms with Crippen LogP contribution in [0.3, 0.4) is 0 Å². The van der Waals surface area contributed by atoms with Crippen LogP contribution in [0.5, 0.6) is 0 Å². The molecule has 1 N–H and O–H groups in total. The van der Waals surface area contributed by atoms with Gasteiger partial charge in [-0.1, -0.05) is 24.0 Å². The predicted molar refractivity (Wildman–Crippen MR) is 124 cm³/mol. The summed E-state index contributed by atoms with van der Waals surface area (Å²) in [7, 11) is 0. The molecule has 33 heavy (non-hydrogen) atoms. The molecule has 1 aromatic carbocycles. The lowest BCUT2D eigenvalue weighted by atomic mass is 10.1. The molecule has 0 atom stereocenters. The number of carboxylic acids is 1. The van der Waals surface area contributed by atoms with Gasteiger partial charge in [0, 0.05) is 50.9 Å². The van der Waals surface area contributed by atoms with Gasteiger partial charge in [-0.25, -0.2) is 8.78 Å². The van der Waals surface area contributed by atoms with Crippen LogP contribution in [0.25, 0.3) is 17.4 Å². The van der Waals surface area contributed by atoms with Crippen molar-refractivity contribution >= 4 is 46.3 Å². The van der Waals surface area contributed by atoms with Crippen LogP contribution in [0, 0.1) is 11.6 Å². The first-order valence-corrected chi connectivity index (χ1v) is 11.5. The molecule has 2 aliphatic rings. The van der Waals surface area contributed by atoms with E-state index in [2.05, 4.69) is 4.90 Å². The van der Waals surface area contributed by atoms with Crippen molar-refractivity contribution in [2.24, 2.45) is 0 Å². The maximum absolute atomic E-state index is 13.5. The Balaban J connectivity index is 1.35. The van der Waals surface area contributed by atoms with E-state index in [1.165, 1.54) is 17.8 Å². The molecule has 7 nitrogen and oxygen atoms in total. The van der Waals surface area contributed by atoms with Crippen molar-refractivity contribution in [3.05, 3.63) is 52.6 Å². The maximum Gasteiger partial charge on any atom is 0.317 e. The second-order valence-electron chi connectivity index (χ2n) is 7.68. The molecule has 174 valence electrons. The third-order valence-corrected chi connectivity index (χ3v) is 6.82. The maximum atomic E-state index is 13.5. The van der Waals surface area contributed by atoms with Gasteiger partial charge in [0.2, 0.25) is 0 Å². The van der Waals surface area contributed by atoms with Crippen LogP contribution in [0.2, 0.25) is 0 Å². The van der Waals surface area contributed by atoms with Crippen LogP contribution in [0.15, 0.2) is 39.7 Å². The van der Waals surface area contributed by atoms with Gasteiger partial charge in [0.05, 0.1) is 11.4 Å². The monoisotopic (exact) mass is 493 g/mol. The topological polar surface area (TPSA) is 77.2 Å². The van der Waals surface area contributed by atoms with Crippen molar-refractivity contribution in [2.75, 3.05) is 45.8 Å². The number of furan rings is 1. The highest BCUT2D eigenvalue weighted by atomic mass is 32.2. The highest BCUT2D eigenvalue weighted by molar-refractivity contribution is 8.26. The lowest BCUT2D eigenvalue weighted by Gasteiger charge is -2.34. The molecule has 0 unspecified atom stereocenters. The van der Waals surface area contributed by atoms with Gasteiger partial charge in [0.15, 0.2) is 11.6 Å². The minimum Gasteiger partial charge on any atom is -0.480 e. The summed E-state index contributed by atoms with van der Waals surface area (Å²) in [6.45, 7) is 3.93. The molecule has 3 heterocycles. The highest BCUT2D eigenvalue weighted by Crippen LogP contribution is 2.33. The van der Waals surface area contributed by atoms with Crippen LogP contribution in [0.1, 0.15) is 5.76 Å². The zero-order chi connectivity index (χ0) is 23.5. The standard InChI is InChI=1S/C22H21F2N3O4S2/c23-16-3-1-14(11-17(16)24)18-4-2-15(31-18)12-19-21(30)27(22(32)33-19)10-9-25-5-7-26(8-6-25)13-20(28)29/h1-4,11-12H,5-10,13H2,(H,28,29)/b19-12-. The minimum atomic E-state index is -0.963. The number of hydrogen-bond donors (Lipinski definition) is 1. The van der Waals surface area contributed by atoms with Crippen LogP contribution in [-0.4, -0.2) is 81.8 Å². The number of hydrogen-bond acceptors (Lipinski definition) is 7. The van der Waals surface area contributed by atoms with Crippen molar-refractivity contribution in [2.45, 2.75) is 0 Å². The van der Waals surface area contributed by atoms with Crippen molar-refractivity contribution in [3.63, 3.8) is 0 Å². The summed E-state index contributed by atoms with van der Waals surface area (Å²) in [5.41, 5.74) is 0.393. The SMILES string of the molecule is O=C(O)CN1CCN(CCN2C(=O)/C(=C/c3ccc(-c4ccc(F)c(F)c4)o3)SC2=S)CC1. The smallest absolute Gasteiger partial charge is 0.317 e. The van der Waals surface area contributed by atoms with E-state index in [0.29, 0.717) is 52.5 Å². The number of thioether (sulfide) groups is 1. The number of carbonyl (C=O) groups excluding carboxylic acids is 1. The van der Waals surface area contributed by atoms with E-state index in [1.807, 2.05) is 4.90 Å². The third-order valence-electron chi connectivity index (χ3n) is 5.44. The molecule has 0 radical (unpaired) electrons. The largest absolute Gasteiger partial charge is 0.480 e. The average Bonchev–Trinajstić information content (AvgIpc) is 3.34. The number of carbonyl (C=O) groups is 2. The van der Waals surface area contributed by atoms with Crippen molar-refractivity contribution < 1.29 is 27.9 Å². The summed E-state index contributed by atoms with van der Waals surface area (Å²) in [4.78, 5) is 29.7. The van der Waals surface area contributed by atoms with E-state index in [-0.39, 0.29) is 12.5 Å². The first-order valence-electron chi connectivity index (χ1n) is 10.3. The second kappa shape index (κ2) is 10.1. The molecule has 2 aromatic rings. The number of benzene rings is 1. The first kappa shape index (κ1) is 23.6. The van der Waals surface area contributed by atoms with Gasteiger partial charge in [0.1, 0.15) is 15.8 Å². The lowest BCUT2D eigenvalue weighted by Crippen LogP contribution is -2.49. The zero-order valence-corrected chi connectivity index (χ0v) is 19.1. The first-order chi connectivity index (χ1) is 15.8. The molecular weight excluding hydrogens is 472 g/mol. The van der Waals surface area contributed by atoms with E-state index >= 15 is 0 Å². The number of piperazine rings is 1. The van der Waals surface area contributed by atoms with Gasteiger partial charge < -0.3 is 9.52 Å². The van der Waals surface area contributed by atoms with Gasteiger partial charge in [-0.3, -0.25) is 24.3 Å². The lowest BCUT2D eigenvalue weighted by molar-refractivity contribution is -0.138. The Bertz CT molecular complexity index is 1110. The molecule has 2 saturated heterocycles. The highest BCUT2D eigenvalue weighted by Gasteiger charge is 2.32. The van der Waals surface area contributed by atoms with E-state index < -0.39 is 17.6 Å². The Morgan fingerprint density at radius 1 is 1.09 bits per heavy atom. The third kappa shape index (κ3) is 5.67. The summed E-state index contributed by atoms with van der Waals surface area (Å²) in [6, 6.07) is 6.79. The normalized spacial score (nSPS) is 19.1. The van der Waals surface area contributed by atoms with Gasteiger partial charge in [-0.15, -0.1) is 0 Å². The Morgan fingerprint density at radius 2 is 1.82 bits per heavy atom. The van der Waals surface area contributed by atoms with Gasteiger partial charge in [0.25, 0.3) is 5.91 Å². The number of halogens is 2. The molecule has 1 amide bonds. The molecule has 4 rings (SSSR count). The Kier molecular flexibility index (Phi) is 7.23. The van der Waals surface area contributed by atoms with E-state index in [0.717, 1.165) is 25.2 Å². The van der Waals surface area contributed by atoms with Crippen LogP contribution in [0.4, 0.5) is 8.78 Å². The van der Waals surface area contributed by atoms with E-state index in [1.54, 1.807) is 23.1 Å². The van der Waals surface area contributed by atoms with Crippen molar-refractivity contribution in [1.82, 2.24) is 14.7 Å². The van der Waals surface area contributed by atoms with Crippen molar-refractivity contribution in [3.8, 4) is 11.3 Å². The fraction of sp³-hybridized carbons (Fsp3) is 0.318. The van der Waals surface area contributed by atoms with Crippen LogP contribution < -0.4 is 0 Å². The minimum absolute atomic E-state index is 0.0396. The fourth-order valence-electron chi connectivity index (χ4n) is 3.66. The Hall–Kier alpha value is -2.60. The fourth-order valence-corrected chi connectivity index (χ4v) is 4.95. The molecule has 0 saturated carbocycles.